The number of aryl methyl sites for hydroxylation is 1. The van der Waals surface area contributed by atoms with Crippen LogP contribution in [0.25, 0.3) is 0 Å². The Kier molecular flexibility index (Phi) is 6.93. The van der Waals surface area contributed by atoms with Crippen LogP contribution in [0.15, 0.2) is 43.0 Å². The molecule has 0 bridgehead atoms. The lowest BCUT2D eigenvalue weighted by Gasteiger charge is -2.04. The maximum atomic E-state index is 5.15. The molecule has 1 rings (SSSR count). The quantitative estimate of drug-likeness (QED) is 0.473. The molecule has 3 heteroatoms. The summed E-state index contributed by atoms with van der Waals surface area (Å²) in [6.07, 6.45) is 4.10. The second-order valence-electron chi connectivity index (χ2n) is 3.39. The van der Waals surface area contributed by atoms with Crippen molar-refractivity contribution in [1.29, 1.82) is 0 Å². The normalized spacial score (nSPS) is 9.75. The Bertz CT molecular complexity index is 322. The minimum atomic E-state index is 0.754. The van der Waals surface area contributed by atoms with E-state index in [-0.39, 0.29) is 0 Å². The fraction of sp³-hybridized carbons (Fsp3) is 0.308. The average Bonchev–Trinajstić information content (AvgIpc) is 2.33. The molecule has 0 amide bonds. The Balaban J connectivity index is 2.08. The van der Waals surface area contributed by atoms with Gasteiger partial charge in [-0.2, -0.15) is 0 Å². The highest BCUT2D eigenvalue weighted by molar-refractivity contribution is 8.22. The first kappa shape index (κ1) is 13.3. The maximum absolute atomic E-state index is 5.15. The fourth-order valence-electron chi connectivity index (χ4n) is 1.29. The SMILES string of the molecule is C=CCNC(=S)SCCCc1ccccc1. The van der Waals surface area contributed by atoms with Crippen LogP contribution in [0, 0.1) is 0 Å². The van der Waals surface area contributed by atoms with Crippen LogP contribution < -0.4 is 5.32 Å². The molecular formula is C13H17NS2. The van der Waals surface area contributed by atoms with Crippen LogP contribution in [0.5, 0.6) is 0 Å². The van der Waals surface area contributed by atoms with Crippen LogP contribution >= 0.6 is 24.0 Å². The van der Waals surface area contributed by atoms with E-state index in [9.17, 15) is 0 Å². The highest BCUT2D eigenvalue weighted by Gasteiger charge is 1.96. The van der Waals surface area contributed by atoms with E-state index in [0.717, 1.165) is 29.5 Å². The van der Waals surface area contributed by atoms with Gasteiger partial charge in [-0.3, -0.25) is 0 Å². The lowest BCUT2D eigenvalue weighted by atomic mass is 10.1. The minimum Gasteiger partial charge on any atom is -0.368 e. The topological polar surface area (TPSA) is 12.0 Å². The van der Waals surface area contributed by atoms with Gasteiger partial charge in [-0.25, -0.2) is 0 Å². The Labute approximate surface area is 107 Å². The number of hydrogen-bond acceptors (Lipinski definition) is 2. The van der Waals surface area contributed by atoms with Crippen LogP contribution in [-0.4, -0.2) is 16.6 Å². The maximum Gasteiger partial charge on any atom is 0.134 e. The molecule has 0 aliphatic heterocycles. The van der Waals surface area contributed by atoms with Gasteiger partial charge in [0.05, 0.1) is 0 Å². The lowest BCUT2D eigenvalue weighted by molar-refractivity contribution is 0.935. The van der Waals surface area contributed by atoms with Gasteiger partial charge in [0.1, 0.15) is 4.32 Å². The summed E-state index contributed by atoms with van der Waals surface area (Å²) in [6, 6.07) is 10.5. The summed E-state index contributed by atoms with van der Waals surface area (Å²) in [5.41, 5.74) is 1.40. The minimum absolute atomic E-state index is 0.754. The van der Waals surface area contributed by atoms with Gasteiger partial charge in [0, 0.05) is 12.3 Å². The molecule has 0 aliphatic carbocycles. The van der Waals surface area contributed by atoms with Gasteiger partial charge in [0.15, 0.2) is 0 Å². The predicted octanol–water partition coefficient (Wildman–Crippen LogP) is 3.41. The third-order valence-electron chi connectivity index (χ3n) is 2.08. The van der Waals surface area contributed by atoms with E-state index in [1.165, 1.54) is 5.56 Å². The van der Waals surface area contributed by atoms with Crippen molar-refractivity contribution in [2.75, 3.05) is 12.3 Å². The van der Waals surface area contributed by atoms with Crippen molar-refractivity contribution in [2.24, 2.45) is 0 Å². The molecule has 0 fully saturated rings. The van der Waals surface area contributed by atoms with E-state index >= 15 is 0 Å². The molecule has 1 aromatic carbocycles. The van der Waals surface area contributed by atoms with E-state index in [0.29, 0.717) is 0 Å². The number of benzene rings is 1. The van der Waals surface area contributed by atoms with E-state index in [1.807, 2.05) is 12.1 Å². The van der Waals surface area contributed by atoms with Crippen LogP contribution in [0.3, 0.4) is 0 Å². The third kappa shape index (κ3) is 5.93. The van der Waals surface area contributed by atoms with Gasteiger partial charge in [0.2, 0.25) is 0 Å². The van der Waals surface area contributed by atoms with Crippen LogP contribution in [0.1, 0.15) is 12.0 Å². The van der Waals surface area contributed by atoms with E-state index in [2.05, 4.69) is 36.2 Å². The zero-order valence-electron chi connectivity index (χ0n) is 9.32. The number of thioether (sulfide) groups is 1. The molecule has 1 aromatic rings. The smallest absolute Gasteiger partial charge is 0.134 e. The zero-order chi connectivity index (χ0) is 11.6. The first-order chi connectivity index (χ1) is 7.83. The summed E-state index contributed by atoms with van der Waals surface area (Å²) in [7, 11) is 0. The van der Waals surface area contributed by atoms with Crippen LogP contribution in [0.2, 0.25) is 0 Å². The Hall–Kier alpha value is -0.800. The number of nitrogens with one attached hydrogen (secondary N) is 1. The average molecular weight is 251 g/mol. The summed E-state index contributed by atoms with van der Waals surface area (Å²) in [5, 5.41) is 3.11. The standard InChI is InChI=1S/C13H17NS2/c1-2-10-14-13(15)16-11-6-9-12-7-4-3-5-8-12/h2-5,7-8H,1,6,9-11H2,(H,14,15). The van der Waals surface area contributed by atoms with Crippen molar-refractivity contribution in [3.63, 3.8) is 0 Å². The number of rotatable bonds is 6. The van der Waals surface area contributed by atoms with Crippen molar-refractivity contribution in [3.05, 3.63) is 48.6 Å². The molecule has 1 nitrogen and oxygen atoms in total. The largest absolute Gasteiger partial charge is 0.368 e. The molecule has 0 atom stereocenters. The molecule has 86 valence electrons. The van der Waals surface area contributed by atoms with Gasteiger partial charge in [-0.15, -0.1) is 6.58 Å². The lowest BCUT2D eigenvalue weighted by Crippen LogP contribution is -2.18. The molecule has 0 radical (unpaired) electrons. The predicted molar refractivity (Wildman–Crippen MR) is 78.0 cm³/mol. The third-order valence-corrected chi connectivity index (χ3v) is 3.47. The van der Waals surface area contributed by atoms with Crippen molar-refractivity contribution in [3.8, 4) is 0 Å². The molecule has 0 aliphatic rings. The van der Waals surface area contributed by atoms with Gasteiger partial charge in [-0.1, -0.05) is 60.4 Å². The molecular weight excluding hydrogens is 234 g/mol. The number of thiocarbonyl (C=S) groups is 1. The summed E-state index contributed by atoms with van der Waals surface area (Å²) in [6.45, 7) is 4.39. The van der Waals surface area contributed by atoms with E-state index < -0.39 is 0 Å². The van der Waals surface area contributed by atoms with Gasteiger partial charge < -0.3 is 5.32 Å². The monoisotopic (exact) mass is 251 g/mol. The van der Waals surface area contributed by atoms with Crippen LogP contribution in [-0.2, 0) is 6.42 Å². The molecule has 0 unspecified atom stereocenters. The van der Waals surface area contributed by atoms with Crippen molar-refractivity contribution < 1.29 is 0 Å². The molecule has 0 saturated heterocycles. The van der Waals surface area contributed by atoms with Crippen molar-refractivity contribution in [2.45, 2.75) is 12.8 Å². The fourth-order valence-corrected chi connectivity index (χ4v) is 2.29. The Morgan fingerprint density at radius 2 is 2.12 bits per heavy atom. The van der Waals surface area contributed by atoms with Crippen LogP contribution in [0.4, 0.5) is 0 Å². The van der Waals surface area contributed by atoms with Gasteiger partial charge in [0.25, 0.3) is 0 Å². The van der Waals surface area contributed by atoms with Gasteiger partial charge in [-0.05, 0) is 18.4 Å². The first-order valence-corrected chi connectivity index (χ1v) is 6.78. The Morgan fingerprint density at radius 1 is 1.38 bits per heavy atom. The Morgan fingerprint density at radius 3 is 2.81 bits per heavy atom. The molecule has 0 saturated carbocycles. The van der Waals surface area contributed by atoms with Gasteiger partial charge >= 0.3 is 0 Å². The second-order valence-corrected chi connectivity index (χ2v) is 5.17. The van der Waals surface area contributed by atoms with E-state index in [1.54, 1.807) is 11.8 Å². The summed E-state index contributed by atoms with van der Waals surface area (Å²) in [4.78, 5) is 0. The highest BCUT2D eigenvalue weighted by atomic mass is 32.2. The highest BCUT2D eigenvalue weighted by Crippen LogP contribution is 2.08. The molecule has 0 spiro atoms. The molecule has 0 aromatic heterocycles. The summed E-state index contributed by atoms with van der Waals surface area (Å²) >= 11 is 6.86. The van der Waals surface area contributed by atoms with Crippen molar-refractivity contribution in [1.82, 2.24) is 5.32 Å². The zero-order valence-corrected chi connectivity index (χ0v) is 10.9. The summed E-state index contributed by atoms with van der Waals surface area (Å²) in [5.74, 6) is 1.07. The molecule has 16 heavy (non-hydrogen) atoms. The van der Waals surface area contributed by atoms with Crippen molar-refractivity contribution >= 4 is 28.3 Å². The van der Waals surface area contributed by atoms with E-state index in [4.69, 9.17) is 12.2 Å². The number of hydrogen-bond donors (Lipinski definition) is 1. The second kappa shape index (κ2) is 8.36. The summed E-state index contributed by atoms with van der Waals surface area (Å²) < 4.78 is 0.868. The molecule has 0 heterocycles. The first-order valence-electron chi connectivity index (χ1n) is 5.38. The molecule has 1 N–H and O–H groups in total.